The number of aryl methyl sites for hydroxylation is 1. The Balaban J connectivity index is 1.73. The monoisotopic (exact) mass is 386 g/mol. The van der Waals surface area contributed by atoms with Gasteiger partial charge in [-0.15, -0.1) is 10.2 Å². The Morgan fingerprint density at radius 3 is 2.78 bits per heavy atom. The molecule has 9 nitrogen and oxygen atoms in total. The summed E-state index contributed by atoms with van der Waals surface area (Å²) in [7, 11) is 0. The first kappa shape index (κ1) is 18.6. The zero-order valence-electron chi connectivity index (χ0n) is 15.0. The topological polar surface area (TPSA) is 115 Å². The second-order valence-corrected chi connectivity index (χ2v) is 7.10. The van der Waals surface area contributed by atoms with Gasteiger partial charge in [-0.05, 0) is 32.0 Å². The van der Waals surface area contributed by atoms with Gasteiger partial charge in [-0.1, -0.05) is 23.0 Å². The van der Waals surface area contributed by atoms with Crippen LogP contribution in [0.4, 0.5) is 11.5 Å². The SMILES string of the molecule is CC(=O)Nc1cccc(-n2cnnc2SC(C)C(=O)Nc2cc(C)on2)c1. The highest BCUT2D eigenvalue weighted by atomic mass is 32.2. The van der Waals surface area contributed by atoms with Crippen molar-refractivity contribution in [1.29, 1.82) is 0 Å². The van der Waals surface area contributed by atoms with E-state index in [0.29, 0.717) is 22.4 Å². The molecule has 140 valence electrons. The van der Waals surface area contributed by atoms with E-state index in [1.54, 1.807) is 42.9 Å². The predicted molar refractivity (Wildman–Crippen MR) is 101 cm³/mol. The highest BCUT2D eigenvalue weighted by molar-refractivity contribution is 8.00. The van der Waals surface area contributed by atoms with Crippen LogP contribution in [0.15, 0.2) is 46.3 Å². The number of carbonyl (C=O) groups excluding carboxylic acids is 2. The van der Waals surface area contributed by atoms with Crippen LogP contribution in [0.2, 0.25) is 0 Å². The van der Waals surface area contributed by atoms with E-state index in [-0.39, 0.29) is 11.8 Å². The number of hydrogen-bond acceptors (Lipinski definition) is 7. The van der Waals surface area contributed by atoms with Crippen LogP contribution in [0.5, 0.6) is 0 Å². The Kier molecular flexibility index (Phi) is 5.55. The van der Waals surface area contributed by atoms with Crippen LogP contribution >= 0.6 is 11.8 Å². The van der Waals surface area contributed by atoms with Crippen molar-refractivity contribution in [2.45, 2.75) is 31.2 Å². The zero-order chi connectivity index (χ0) is 19.4. The molecule has 3 aromatic rings. The molecule has 2 aromatic heterocycles. The number of amides is 2. The Labute approximate surface area is 159 Å². The standard InChI is InChI=1S/C17H18N6O3S/c1-10-7-15(22-26-10)20-16(25)11(2)27-17-21-18-9-23(17)14-6-4-5-13(8-14)19-12(3)24/h4-9,11H,1-3H3,(H,19,24)(H,20,22,25). The van der Waals surface area contributed by atoms with Gasteiger partial charge in [0.25, 0.3) is 0 Å². The van der Waals surface area contributed by atoms with Crippen molar-refractivity contribution in [1.82, 2.24) is 19.9 Å². The molecule has 27 heavy (non-hydrogen) atoms. The van der Waals surface area contributed by atoms with Crippen LogP contribution in [0.3, 0.4) is 0 Å². The van der Waals surface area contributed by atoms with Gasteiger partial charge < -0.3 is 15.2 Å². The summed E-state index contributed by atoms with van der Waals surface area (Å²) < 4.78 is 6.69. The molecule has 0 fully saturated rings. The Morgan fingerprint density at radius 1 is 1.26 bits per heavy atom. The molecular weight excluding hydrogens is 368 g/mol. The lowest BCUT2D eigenvalue weighted by Crippen LogP contribution is -2.23. The van der Waals surface area contributed by atoms with E-state index in [1.165, 1.54) is 18.7 Å². The number of thioether (sulfide) groups is 1. The molecule has 2 heterocycles. The molecule has 2 amide bonds. The van der Waals surface area contributed by atoms with Crippen molar-refractivity contribution >= 4 is 35.1 Å². The van der Waals surface area contributed by atoms with E-state index < -0.39 is 5.25 Å². The number of nitrogens with zero attached hydrogens (tertiary/aromatic N) is 4. The third-order valence-electron chi connectivity index (χ3n) is 3.49. The van der Waals surface area contributed by atoms with E-state index in [9.17, 15) is 9.59 Å². The number of benzene rings is 1. The summed E-state index contributed by atoms with van der Waals surface area (Å²) in [6.45, 7) is 4.96. The van der Waals surface area contributed by atoms with Crippen molar-refractivity contribution in [2.75, 3.05) is 10.6 Å². The van der Waals surface area contributed by atoms with Gasteiger partial charge in [0.05, 0.1) is 10.9 Å². The summed E-state index contributed by atoms with van der Waals surface area (Å²) in [5, 5.41) is 17.3. The van der Waals surface area contributed by atoms with Gasteiger partial charge in [-0.25, -0.2) is 0 Å². The van der Waals surface area contributed by atoms with Gasteiger partial charge in [0, 0.05) is 18.7 Å². The minimum absolute atomic E-state index is 0.154. The molecule has 1 aromatic carbocycles. The third-order valence-corrected chi connectivity index (χ3v) is 4.55. The second-order valence-electron chi connectivity index (χ2n) is 5.79. The summed E-state index contributed by atoms with van der Waals surface area (Å²) in [5.74, 6) is 0.604. The fourth-order valence-electron chi connectivity index (χ4n) is 2.28. The van der Waals surface area contributed by atoms with Crippen molar-refractivity contribution in [2.24, 2.45) is 0 Å². The zero-order valence-corrected chi connectivity index (χ0v) is 15.8. The summed E-state index contributed by atoms with van der Waals surface area (Å²) in [6.07, 6.45) is 1.56. The van der Waals surface area contributed by atoms with E-state index >= 15 is 0 Å². The molecule has 0 aliphatic rings. The summed E-state index contributed by atoms with van der Waals surface area (Å²) >= 11 is 1.26. The summed E-state index contributed by atoms with van der Waals surface area (Å²) in [6, 6.07) is 8.92. The maximum absolute atomic E-state index is 12.4. The summed E-state index contributed by atoms with van der Waals surface area (Å²) in [4.78, 5) is 23.6. The van der Waals surface area contributed by atoms with Crippen molar-refractivity contribution in [3.63, 3.8) is 0 Å². The molecule has 1 unspecified atom stereocenters. The predicted octanol–water partition coefficient (Wildman–Crippen LogP) is 2.64. The van der Waals surface area contributed by atoms with Gasteiger partial charge in [-0.3, -0.25) is 14.2 Å². The van der Waals surface area contributed by atoms with Crippen molar-refractivity contribution in [3.8, 4) is 5.69 Å². The normalized spacial score (nSPS) is 11.8. The molecular formula is C17H18N6O3S. The highest BCUT2D eigenvalue weighted by Gasteiger charge is 2.19. The second kappa shape index (κ2) is 8.04. The van der Waals surface area contributed by atoms with E-state index in [2.05, 4.69) is 26.0 Å². The molecule has 0 radical (unpaired) electrons. The Morgan fingerprint density at radius 2 is 2.07 bits per heavy atom. The van der Waals surface area contributed by atoms with Crippen LogP contribution in [-0.2, 0) is 9.59 Å². The molecule has 0 aliphatic heterocycles. The summed E-state index contributed by atoms with van der Waals surface area (Å²) in [5.41, 5.74) is 1.44. The van der Waals surface area contributed by atoms with Crippen LogP contribution in [-0.4, -0.2) is 37.0 Å². The third kappa shape index (κ3) is 4.73. The van der Waals surface area contributed by atoms with Gasteiger partial charge in [0.15, 0.2) is 11.0 Å². The minimum atomic E-state index is -0.441. The molecule has 0 aliphatic carbocycles. The van der Waals surface area contributed by atoms with Gasteiger partial charge in [0.1, 0.15) is 12.1 Å². The number of carbonyl (C=O) groups is 2. The van der Waals surface area contributed by atoms with E-state index in [4.69, 9.17) is 4.52 Å². The quantitative estimate of drug-likeness (QED) is 0.626. The molecule has 0 saturated carbocycles. The first-order valence-electron chi connectivity index (χ1n) is 8.11. The fraction of sp³-hybridized carbons (Fsp3) is 0.235. The van der Waals surface area contributed by atoms with Crippen molar-refractivity contribution in [3.05, 3.63) is 42.4 Å². The van der Waals surface area contributed by atoms with E-state index in [1.807, 2.05) is 12.1 Å². The Hall–Kier alpha value is -3.14. The van der Waals surface area contributed by atoms with Crippen LogP contribution < -0.4 is 10.6 Å². The van der Waals surface area contributed by atoms with Crippen LogP contribution in [0, 0.1) is 6.92 Å². The molecule has 0 spiro atoms. The average molecular weight is 386 g/mol. The van der Waals surface area contributed by atoms with Gasteiger partial charge in [-0.2, -0.15) is 0 Å². The van der Waals surface area contributed by atoms with Crippen LogP contribution in [0.1, 0.15) is 19.6 Å². The van der Waals surface area contributed by atoms with Gasteiger partial charge >= 0.3 is 0 Å². The largest absolute Gasteiger partial charge is 0.360 e. The molecule has 0 bridgehead atoms. The molecule has 3 rings (SSSR count). The number of rotatable bonds is 6. The molecule has 0 saturated heterocycles. The first-order chi connectivity index (χ1) is 12.9. The molecule has 1 atom stereocenters. The molecule has 10 heteroatoms. The van der Waals surface area contributed by atoms with E-state index in [0.717, 1.165) is 5.69 Å². The number of anilines is 2. The smallest absolute Gasteiger partial charge is 0.238 e. The molecule has 2 N–H and O–H groups in total. The number of nitrogens with one attached hydrogen (secondary N) is 2. The maximum atomic E-state index is 12.4. The lowest BCUT2D eigenvalue weighted by atomic mass is 10.2. The lowest BCUT2D eigenvalue weighted by molar-refractivity contribution is -0.115. The maximum Gasteiger partial charge on any atom is 0.238 e. The Bertz CT molecular complexity index is 967. The van der Waals surface area contributed by atoms with Gasteiger partial charge in [0.2, 0.25) is 11.8 Å². The number of aromatic nitrogens is 4. The number of hydrogen-bond donors (Lipinski definition) is 2. The average Bonchev–Trinajstić information content (AvgIpc) is 3.23. The van der Waals surface area contributed by atoms with Crippen LogP contribution in [0.25, 0.3) is 5.69 Å². The minimum Gasteiger partial charge on any atom is -0.360 e. The lowest BCUT2D eigenvalue weighted by Gasteiger charge is -2.12. The highest BCUT2D eigenvalue weighted by Crippen LogP contribution is 2.25. The van der Waals surface area contributed by atoms with Crippen molar-refractivity contribution < 1.29 is 14.1 Å². The fourth-order valence-corrected chi connectivity index (χ4v) is 3.13. The first-order valence-corrected chi connectivity index (χ1v) is 8.99.